The van der Waals surface area contributed by atoms with E-state index in [1.807, 2.05) is 0 Å². The zero-order valence-corrected chi connectivity index (χ0v) is 9.53. The highest BCUT2D eigenvalue weighted by atomic mass is 32.1. The van der Waals surface area contributed by atoms with Crippen LogP contribution in [0, 0.1) is 6.92 Å². The second-order valence-corrected chi connectivity index (χ2v) is 4.61. The predicted octanol–water partition coefficient (Wildman–Crippen LogP) is 0.139. The van der Waals surface area contributed by atoms with E-state index in [-0.39, 0.29) is 6.42 Å². The Hall–Kier alpha value is -1.24. The molecule has 1 heterocycles. The maximum absolute atomic E-state index is 10.6. The Bertz CT molecular complexity index is 402. The lowest BCUT2D eigenvalue weighted by Crippen LogP contribution is -2.25. The smallest absolute Gasteiger partial charge is 0.220 e. The van der Waals surface area contributed by atoms with Crippen molar-refractivity contribution in [2.75, 3.05) is 0 Å². The molecule has 16 heavy (non-hydrogen) atoms. The minimum absolute atomic E-state index is 0.311. The zero-order chi connectivity index (χ0) is 12.3. The highest BCUT2D eigenvalue weighted by molar-refractivity contribution is 7.13. The SMILES string of the molecule is Cc1cc(C=O)sc1C(O)C(O)CC(N)=O. The molecule has 0 spiro atoms. The molecule has 0 aliphatic rings. The van der Waals surface area contributed by atoms with Gasteiger partial charge in [-0.05, 0) is 18.6 Å². The molecule has 1 aromatic heterocycles. The Morgan fingerprint density at radius 3 is 2.69 bits per heavy atom. The van der Waals surface area contributed by atoms with Gasteiger partial charge in [-0.1, -0.05) is 0 Å². The number of aldehydes is 1. The topological polar surface area (TPSA) is 101 Å². The van der Waals surface area contributed by atoms with Crippen LogP contribution in [0.3, 0.4) is 0 Å². The Labute approximate surface area is 96.5 Å². The number of carbonyl (C=O) groups excluding carboxylic acids is 2. The molecule has 1 aromatic rings. The average molecular weight is 243 g/mol. The third kappa shape index (κ3) is 2.88. The number of nitrogens with two attached hydrogens (primary N) is 1. The highest BCUT2D eigenvalue weighted by Gasteiger charge is 2.23. The van der Waals surface area contributed by atoms with Crippen molar-refractivity contribution in [2.45, 2.75) is 25.6 Å². The van der Waals surface area contributed by atoms with Gasteiger partial charge in [-0.2, -0.15) is 0 Å². The Morgan fingerprint density at radius 1 is 1.62 bits per heavy atom. The van der Waals surface area contributed by atoms with Crippen LogP contribution in [0.15, 0.2) is 6.07 Å². The van der Waals surface area contributed by atoms with Crippen LogP contribution in [-0.4, -0.2) is 28.5 Å². The molecule has 0 aliphatic heterocycles. The van der Waals surface area contributed by atoms with Gasteiger partial charge < -0.3 is 15.9 Å². The van der Waals surface area contributed by atoms with Crippen molar-refractivity contribution in [3.8, 4) is 0 Å². The van der Waals surface area contributed by atoms with Crippen molar-refractivity contribution in [3.05, 3.63) is 21.4 Å². The molecule has 6 heteroatoms. The van der Waals surface area contributed by atoms with Gasteiger partial charge in [-0.3, -0.25) is 9.59 Å². The van der Waals surface area contributed by atoms with Gasteiger partial charge >= 0.3 is 0 Å². The number of aliphatic hydroxyl groups is 2. The van der Waals surface area contributed by atoms with Crippen LogP contribution < -0.4 is 5.73 Å². The van der Waals surface area contributed by atoms with Gasteiger partial charge in [0.1, 0.15) is 6.10 Å². The lowest BCUT2D eigenvalue weighted by atomic mass is 10.1. The first-order valence-corrected chi connectivity index (χ1v) is 5.47. The van der Waals surface area contributed by atoms with Crippen LogP contribution in [0.5, 0.6) is 0 Å². The van der Waals surface area contributed by atoms with E-state index in [9.17, 15) is 19.8 Å². The standard InChI is InChI=1S/C10H13NO4S/c1-5-2-6(4-12)16-10(5)9(15)7(13)3-8(11)14/h2,4,7,9,13,15H,3H2,1H3,(H2,11,14). The first kappa shape index (κ1) is 12.8. The minimum atomic E-state index is -1.24. The van der Waals surface area contributed by atoms with Gasteiger partial charge in [0.25, 0.3) is 0 Å². The maximum atomic E-state index is 10.6. The number of carbonyl (C=O) groups is 2. The summed E-state index contributed by atoms with van der Waals surface area (Å²) in [5, 5.41) is 19.3. The van der Waals surface area contributed by atoms with Crippen LogP contribution in [0.2, 0.25) is 0 Å². The van der Waals surface area contributed by atoms with Gasteiger partial charge in [0, 0.05) is 4.88 Å². The van der Waals surface area contributed by atoms with E-state index in [2.05, 4.69) is 0 Å². The molecule has 2 atom stereocenters. The van der Waals surface area contributed by atoms with Crippen molar-refractivity contribution in [2.24, 2.45) is 5.73 Å². The molecule has 2 unspecified atom stereocenters. The Kier molecular flexibility index (Phi) is 4.17. The number of aliphatic hydroxyl groups excluding tert-OH is 2. The van der Waals surface area contributed by atoms with Gasteiger partial charge in [-0.25, -0.2) is 0 Å². The van der Waals surface area contributed by atoms with Crippen molar-refractivity contribution < 1.29 is 19.8 Å². The molecule has 0 bridgehead atoms. The van der Waals surface area contributed by atoms with Crippen LogP contribution in [0.25, 0.3) is 0 Å². The van der Waals surface area contributed by atoms with Gasteiger partial charge in [0.15, 0.2) is 6.29 Å². The maximum Gasteiger partial charge on any atom is 0.220 e. The minimum Gasteiger partial charge on any atom is -0.389 e. The highest BCUT2D eigenvalue weighted by Crippen LogP contribution is 2.29. The van der Waals surface area contributed by atoms with E-state index < -0.39 is 18.1 Å². The van der Waals surface area contributed by atoms with E-state index in [4.69, 9.17) is 5.73 Å². The number of amides is 1. The van der Waals surface area contributed by atoms with Crippen LogP contribution in [-0.2, 0) is 4.79 Å². The molecule has 0 saturated carbocycles. The zero-order valence-electron chi connectivity index (χ0n) is 8.71. The quantitative estimate of drug-likeness (QED) is 0.640. The summed E-state index contributed by atoms with van der Waals surface area (Å²) in [5.74, 6) is -0.684. The third-order valence-corrected chi connectivity index (χ3v) is 3.37. The summed E-state index contributed by atoms with van der Waals surface area (Å²) >= 11 is 1.09. The normalized spacial score (nSPS) is 14.4. The fourth-order valence-electron chi connectivity index (χ4n) is 1.37. The average Bonchev–Trinajstić information content (AvgIpc) is 2.57. The second kappa shape index (κ2) is 5.20. The fourth-order valence-corrected chi connectivity index (χ4v) is 2.40. The monoisotopic (exact) mass is 243 g/mol. The molecule has 0 saturated heterocycles. The summed E-state index contributed by atoms with van der Waals surface area (Å²) in [6.07, 6.45) is -2.07. The Balaban J connectivity index is 2.86. The molecular formula is C10H13NO4S. The predicted molar refractivity (Wildman–Crippen MR) is 59.2 cm³/mol. The summed E-state index contributed by atoms with van der Waals surface area (Å²) in [5.41, 5.74) is 5.63. The number of primary amides is 1. The van der Waals surface area contributed by atoms with Crippen molar-refractivity contribution in [3.63, 3.8) is 0 Å². The molecule has 0 radical (unpaired) electrons. The summed E-state index contributed by atoms with van der Waals surface area (Å²) in [4.78, 5) is 22.1. The molecule has 5 nitrogen and oxygen atoms in total. The lowest BCUT2D eigenvalue weighted by Gasteiger charge is -2.15. The molecule has 0 aromatic carbocycles. The van der Waals surface area contributed by atoms with Crippen molar-refractivity contribution in [1.29, 1.82) is 0 Å². The molecule has 4 N–H and O–H groups in total. The Morgan fingerprint density at radius 2 is 2.25 bits per heavy atom. The van der Waals surface area contributed by atoms with E-state index in [0.29, 0.717) is 21.6 Å². The van der Waals surface area contributed by atoms with Crippen LogP contribution in [0.1, 0.15) is 32.6 Å². The molecule has 1 rings (SSSR count). The number of hydrogen-bond acceptors (Lipinski definition) is 5. The van der Waals surface area contributed by atoms with Crippen molar-refractivity contribution >= 4 is 23.5 Å². The first-order chi connectivity index (χ1) is 7.45. The summed E-state index contributed by atoms with van der Waals surface area (Å²) < 4.78 is 0. The first-order valence-electron chi connectivity index (χ1n) is 4.65. The third-order valence-electron chi connectivity index (χ3n) is 2.13. The lowest BCUT2D eigenvalue weighted by molar-refractivity contribution is -0.121. The van der Waals surface area contributed by atoms with Gasteiger partial charge in [0.05, 0.1) is 17.4 Å². The molecule has 88 valence electrons. The largest absolute Gasteiger partial charge is 0.389 e. The van der Waals surface area contributed by atoms with E-state index in [1.54, 1.807) is 13.0 Å². The number of thiophene rings is 1. The molecule has 0 fully saturated rings. The van der Waals surface area contributed by atoms with Gasteiger partial charge in [-0.15, -0.1) is 11.3 Å². The molecular weight excluding hydrogens is 230 g/mol. The number of aryl methyl sites for hydroxylation is 1. The number of rotatable bonds is 5. The summed E-state index contributed by atoms with van der Waals surface area (Å²) in [6, 6.07) is 1.62. The van der Waals surface area contributed by atoms with E-state index in [0.717, 1.165) is 11.3 Å². The molecule has 1 amide bonds. The summed E-state index contributed by atoms with van der Waals surface area (Å²) in [7, 11) is 0. The van der Waals surface area contributed by atoms with Crippen LogP contribution >= 0.6 is 11.3 Å². The van der Waals surface area contributed by atoms with E-state index in [1.165, 1.54) is 0 Å². The van der Waals surface area contributed by atoms with Crippen LogP contribution in [0.4, 0.5) is 0 Å². The fraction of sp³-hybridized carbons (Fsp3) is 0.400. The van der Waals surface area contributed by atoms with Gasteiger partial charge in [0.2, 0.25) is 5.91 Å². The van der Waals surface area contributed by atoms with E-state index >= 15 is 0 Å². The second-order valence-electron chi connectivity index (χ2n) is 3.50. The molecule has 0 aliphatic carbocycles. The summed E-state index contributed by atoms with van der Waals surface area (Å²) in [6.45, 7) is 1.72. The van der Waals surface area contributed by atoms with Crippen molar-refractivity contribution in [1.82, 2.24) is 0 Å². The number of hydrogen-bond donors (Lipinski definition) is 3.